The van der Waals surface area contributed by atoms with Crippen molar-refractivity contribution in [3.63, 3.8) is 0 Å². The van der Waals surface area contributed by atoms with E-state index in [-0.39, 0.29) is 18.7 Å². The van der Waals surface area contributed by atoms with Crippen LogP contribution >= 0.6 is 0 Å². The maximum Gasteiger partial charge on any atom is 0.326 e. The molecule has 12 heteroatoms. The van der Waals surface area contributed by atoms with Crippen molar-refractivity contribution in [3.05, 3.63) is 0 Å². The standard InChI is InChI=1S/C9H17N3O4.C6H12N2O3.4C2H6/c1-5(10)8(14)12-6(9(15)16)3-4-7(13)11-2;1-3(7)5(9)8-4(2)6(10)11;4*1-2/h5-6H,3-4,10H2,1-2H3,(H,11,13)(H,12,14)(H,15,16);3-4H,7H2,1-2H3,(H,8,9)(H,10,11);4*1-2H3. The van der Waals surface area contributed by atoms with Crippen LogP contribution in [0.5, 0.6) is 0 Å². The second-order valence-corrected chi connectivity index (χ2v) is 5.76. The molecule has 0 aliphatic rings. The second-order valence-electron chi connectivity index (χ2n) is 5.76. The summed E-state index contributed by atoms with van der Waals surface area (Å²) in [5.41, 5.74) is 10.5. The van der Waals surface area contributed by atoms with E-state index in [9.17, 15) is 24.0 Å². The highest BCUT2D eigenvalue weighted by Gasteiger charge is 2.22. The molecule has 35 heavy (non-hydrogen) atoms. The minimum atomic E-state index is -1.18. The molecule has 0 radical (unpaired) electrons. The molecule has 0 aliphatic carbocycles. The second kappa shape index (κ2) is 33.4. The van der Waals surface area contributed by atoms with Crippen LogP contribution in [-0.4, -0.2) is 71.1 Å². The van der Waals surface area contributed by atoms with Gasteiger partial charge in [0.05, 0.1) is 12.1 Å². The van der Waals surface area contributed by atoms with Crippen molar-refractivity contribution in [1.82, 2.24) is 16.0 Å². The van der Waals surface area contributed by atoms with Crippen molar-refractivity contribution in [2.24, 2.45) is 11.5 Å². The van der Waals surface area contributed by atoms with E-state index in [1.807, 2.05) is 55.4 Å². The van der Waals surface area contributed by atoms with Crippen molar-refractivity contribution < 1.29 is 34.2 Å². The minimum Gasteiger partial charge on any atom is -0.480 e. The fourth-order valence-electron chi connectivity index (χ4n) is 1.37. The first-order valence-corrected chi connectivity index (χ1v) is 12.1. The van der Waals surface area contributed by atoms with Crippen LogP contribution in [0.15, 0.2) is 0 Å². The Bertz CT molecular complexity index is 542. The van der Waals surface area contributed by atoms with E-state index in [0.29, 0.717) is 0 Å². The molecule has 0 fully saturated rings. The fourth-order valence-corrected chi connectivity index (χ4v) is 1.37. The lowest BCUT2D eigenvalue weighted by atomic mass is 10.1. The van der Waals surface area contributed by atoms with Crippen LogP contribution in [-0.2, 0) is 24.0 Å². The third-order valence-electron chi connectivity index (χ3n) is 3.11. The minimum absolute atomic E-state index is 0.0344. The van der Waals surface area contributed by atoms with E-state index in [1.54, 1.807) is 0 Å². The lowest BCUT2D eigenvalue weighted by Crippen LogP contribution is -2.47. The average molecular weight is 512 g/mol. The molecule has 0 bridgehead atoms. The quantitative estimate of drug-likeness (QED) is 0.238. The molecule has 0 aromatic rings. The number of rotatable bonds is 9. The summed E-state index contributed by atoms with van der Waals surface area (Å²) in [6.07, 6.45) is 0.0696. The predicted molar refractivity (Wildman–Crippen MR) is 141 cm³/mol. The van der Waals surface area contributed by atoms with E-state index in [4.69, 9.17) is 21.7 Å². The number of amides is 3. The van der Waals surface area contributed by atoms with E-state index in [2.05, 4.69) is 16.0 Å². The molecule has 0 saturated heterocycles. The number of hydrogen-bond donors (Lipinski definition) is 7. The van der Waals surface area contributed by atoms with Gasteiger partial charge in [0.25, 0.3) is 0 Å². The number of carboxylic acid groups (broad SMARTS) is 2. The topological polar surface area (TPSA) is 214 Å². The molecule has 0 spiro atoms. The molecule has 4 atom stereocenters. The fraction of sp³-hybridized carbons (Fsp3) is 0.783. The highest BCUT2D eigenvalue weighted by atomic mass is 16.4. The maximum absolute atomic E-state index is 11.2. The van der Waals surface area contributed by atoms with Gasteiger partial charge < -0.3 is 37.6 Å². The van der Waals surface area contributed by atoms with Gasteiger partial charge >= 0.3 is 11.9 Å². The normalized spacial score (nSPS) is 11.7. The summed E-state index contributed by atoms with van der Waals surface area (Å²) in [6.45, 7) is 20.3. The zero-order valence-corrected chi connectivity index (χ0v) is 23.8. The summed E-state index contributed by atoms with van der Waals surface area (Å²) in [7, 11) is 1.46. The number of nitrogens with two attached hydrogens (primary N) is 2. The molecule has 4 unspecified atom stereocenters. The highest BCUT2D eigenvalue weighted by molar-refractivity contribution is 5.87. The van der Waals surface area contributed by atoms with Crippen LogP contribution in [0.2, 0.25) is 0 Å². The van der Waals surface area contributed by atoms with Crippen molar-refractivity contribution in [1.29, 1.82) is 0 Å². The Hall–Kier alpha value is -2.73. The predicted octanol–water partition coefficient (Wildman–Crippen LogP) is 1.46. The van der Waals surface area contributed by atoms with Gasteiger partial charge in [-0.3, -0.25) is 19.2 Å². The summed E-state index contributed by atoms with van der Waals surface area (Å²) in [6, 6.07) is -3.41. The van der Waals surface area contributed by atoms with Crippen molar-refractivity contribution in [3.8, 4) is 0 Å². The Balaban J connectivity index is -0.0000000962. The lowest BCUT2D eigenvalue weighted by molar-refractivity contribution is -0.142. The number of hydrogen-bond acceptors (Lipinski definition) is 7. The summed E-state index contributed by atoms with van der Waals surface area (Å²) >= 11 is 0. The number of carbonyl (C=O) groups is 5. The third kappa shape index (κ3) is 33.5. The molecule has 212 valence electrons. The monoisotopic (exact) mass is 511 g/mol. The van der Waals surface area contributed by atoms with Crippen molar-refractivity contribution >= 4 is 29.7 Å². The van der Waals surface area contributed by atoms with Crippen LogP contribution < -0.4 is 27.4 Å². The molecule has 3 amide bonds. The number of carboxylic acids is 2. The molecule has 9 N–H and O–H groups in total. The summed E-state index contributed by atoms with van der Waals surface area (Å²) in [4.78, 5) is 53.8. The van der Waals surface area contributed by atoms with E-state index < -0.39 is 47.9 Å². The molecule has 0 aliphatic heterocycles. The van der Waals surface area contributed by atoms with Gasteiger partial charge in [-0.25, -0.2) is 4.79 Å². The van der Waals surface area contributed by atoms with Gasteiger partial charge in [0.2, 0.25) is 17.7 Å². The number of carbonyl (C=O) groups excluding carboxylic acids is 3. The van der Waals surface area contributed by atoms with Gasteiger partial charge in [0, 0.05) is 13.5 Å². The van der Waals surface area contributed by atoms with E-state index in [1.165, 1.54) is 27.8 Å². The SMILES string of the molecule is CC.CC.CC.CC.CC(N)C(=O)NC(C)C(=O)O.CNC(=O)CCC(NC(=O)C(C)N)C(=O)O. The van der Waals surface area contributed by atoms with Crippen LogP contribution in [0.3, 0.4) is 0 Å². The largest absolute Gasteiger partial charge is 0.480 e. The Morgan fingerprint density at radius 1 is 0.686 bits per heavy atom. The number of aliphatic carboxylic acids is 2. The molecular formula is C23H53N5O7. The Kier molecular flexibility index (Phi) is 43.7. The smallest absolute Gasteiger partial charge is 0.326 e. The molecule has 0 saturated carbocycles. The first-order chi connectivity index (χ1) is 16.3. The first-order valence-electron chi connectivity index (χ1n) is 12.1. The van der Waals surface area contributed by atoms with Crippen LogP contribution in [0, 0.1) is 0 Å². The number of nitrogens with one attached hydrogen (secondary N) is 3. The van der Waals surface area contributed by atoms with Crippen molar-refractivity contribution in [2.45, 2.75) is 113 Å². The third-order valence-corrected chi connectivity index (χ3v) is 3.11. The van der Waals surface area contributed by atoms with Gasteiger partial charge in [-0.1, -0.05) is 55.4 Å². The lowest BCUT2D eigenvalue weighted by Gasteiger charge is -2.15. The van der Waals surface area contributed by atoms with Crippen LogP contribution in [0.25, 0.3) is 0 Å². The molecular weight excluding hydrogens is 458 g/mol. The van der Waals surface area contributed by atoms with Gasteiger partial charge in [-0.2, -0.15) is 0 Å². The highest BCUT2D eigenvalue weighted by Crippen LogP contribution is 1.98. The zero-order chi connectivity index (χ0) is 29.7. The average Bonchev–Trinajstić information content (AvgIpc) is 2.86. The Morgan fingerprint density at radius 2 is 1.03 bits per heavy atom. The Labute approximate surface area is 212 Å². The van der Waals surface area contributed by atoms with Gasteiger partial charge in [0.15, 0.2) is 0 Å². The van der Waals surface area contributed by atoms with E-state index >= 15 is 0 Å². The molecule has 0 rings (SSSR count). The van der Waals surface area contributed by atoms with Crippen molar-refractivity contribution in [2.75, 3.05) is 7.05 Å². The molecule has 0 aromatic carbocycles. The maximum atomic E-state index is 11.2. The Morgan fingerprint density at radius 3 is 1.29 bits per heavy atom. The van der Waals surface area contributed by atoms with Gasteiger partial charge in [-0.15, -0.1) is 0 Å². The summed E-state index contributed by atoms with van der Waals surface area (Å²) < 4.78 is 0. The first kappa shape index (κ1) is 45.7. The molecule has 0 aromatic heterocycles. The van der Waals surface area contributed by atoms with Crippen LogP contribution in [0.4, 0.5) is 0 Å². The summed E-state index contributed by atoms with van der Waals surface area (Å²) in [5.74, 6) is -3.54. The van der Waals surface area contributed by atoms with Gasteiger partial charge in [-0.05, 0) is 27.2 Å². The van der Waals surface area contributed by atoms with E-state index in [0.717, 1.165) is 0 Å². The van der Waals surface area contributed by atoms with Crippen LogP contribution in [0.1, 0.15) is 89.0 Å². The summed E-state index contributed by atoms with van der Waals surface area (Å²) in [5, 5.41) is 24.0. The molecule has 0 heterocycles. The van der Waals surface area contributed by atoms with Gasteiger partial charge in [0.1, 0.15) is 12.1 Å². The molecule has 12 nitrogen and oxygen atoms in total. The zero-order valence-electron chi connectivity index (χ0n) is 23.8.